The molecule has 0 spiro atoms. The van der Waals surface area contributed by atoms with Crippen molar-refractivity contribution in [1.82, 2.24) is 4.98 Å². The molecule has 0 bridgehead atoms. The zero-order valence-corrected chi connectivity index (χ0v) is 18.5. The molecule has 1 aromatic carbocycles. The Morgan fingerprint density at radius 2 is 2.09 bits per heavy atom. The van der Waals surface area contributed by atoms with Gasteiger partial charge in [-0.2, -0.15) is 0 Å². The number of aliphatic hydroxyl groups is 1. The summed E-state index contributed by atoms with van der Waals surface area (Å²) in [5.41, 5.74) is 0.764. The molecule has 1 amide bonds. The van der Waals surface area contributed by atoms with E-state index >= 15 is 0 Å². The van der Waals surface area contributed by atoms with Crippen LogP contribution in [0.4, 0.5) is 18.9 Å². The van der Waals surface area contributed by atoms with Crippen molar-refractivity contribution in [2.45, 2.75) is 63.7 Å². The molecule has 2 aromatic rings. The molecule has 2 N–H and O–H groups in total. The molecule has 1 saturated heterocycles. The number of hydrogen-bond acceptors (Lipinski definition) is 5. The summed E-state index contributed by atoms with van der Waals surface area (Å²) in [6.45, 7) is 5.48. The molecule has 1 aliphatic rings. The maximum absolute atomic E-state index is 13.0. The number of aliphatic hydroxyl groups excluding tert-OH is 1. The van der Waals surface area contributed by atoms with Crippen molar-refractivity contribution in [2.75, 3.05) is 5.32 Å². The number of pyridine rings is 1. The van der Waals surface area contributed by atoms with E-state index in [0.717, 1.165) is 12.1 Å². The van der Waals surface area contributed by atoms with Crippen molar-refractivity contribution < 1.29 is 32.5 Å². The number of ether oxygens (including phenoxy) is 2. The first-order valence-corrected chi connectivity index (χ1v) is 10.4. The number of carbonyl (C=O) groups excluding carboxylic acids is 1. The largest absolute Gasteiger partial charge is 0.573 e. The summed E-state index contributed by atoms with van der Waals surface area (Å²) in [6.07, 6.45) is -4.05. The van der Waals surface area contributed by atoms with Crippen LogP contribution in [-0.2, 0) is 9.53 Å². The van der Waals surface area contributed by atoms with Gasteiger partial charge in [0.05, 0.1) is 29.3 Å². The number of hydrogen-bond donors (Lipinski definition) is 2. The number of amides is 1. The van der Waals surface area contributed by atoms with Gasteiger partial charge in [-0.25, -0.2) is 0 Å². The van der Waals surface area contributed by atoms with Gasteiger partial charge in [0.15, 0.2) is 0 Å². The molecule has 3 atom stereocenters. The minimum absolute atomic E-state index is 0.0513. The van der Waals surface area contributed by atoms with E-state index in [1.54, 1.807) is 12.1 Å². The van der Waals surface area contributed by atoms with Gasteiger partial charge in [0, 0.05) is 10.9 Å². The Kier molecular flexibility index (Phi) is 7.02. The Balaban J connectivity index is 1.80. The van der Waals surface area contributed by atoms with Crippen LogP contribution in [0.1, 0.15) is 56.9 Å². The van der Waals surface area contributed by atoms with Crippen LogP contribution in [0.15, 0.2) is 36.5 Å². The van der Waals surface area contributed by atoms with E-state index in [1.165, 1.54) is 12.3 Å². The fourth-order valence-corrected chi connectivity index (χ4v) is 4.04. The molecule has 6 nitrogen and oxygen atoms in total. The Bertz CT molecular complexity index is 967. The van der Waals surface area contributed by atoms with E-state index in [1.807, 2.05) is 20.8 Å². The Labute approximate surface area is 188 Å². The number of halogens is 4. The molecular formula is C22H24ClF3N2O4. The summed E-state index contributed by atoms with van der Waals surface area (Å²) < 4.78 is 47.3. The van der Waals surface area contributed by atoms with Gasteiger partial charge in [-0.3, -0.25) is 9.78 Å². The van der Waals surface area contributed by atoms with Gasteiger partial charge in [-0.15, -0.1) is 13.2 Å². The van der Waals surface area contributed by atoms with E-state index in [0.29, 0.717) is 29.8 Å². The van der Waals surface area contributed by atoms with Crippen molar-refractivity contribution >= 4 is 23.2 Å². The second-order valence-electron chi connectivity index (χ2n) is 8.22. The quantitative estimate of drug-likeness (QED) is 0.591. The minimum Gasteiger partial charge on any atom is -0.406 e. The van der Waals surface area contributed by atoms with Gasteiger partial charge in [0.1, 0.15) is 11.9 Å². The lowest BCUT2D eigenvalue weighted by Crippen LogP contribution is -2.33. The SMILES string of the molecule is CC[C@H](O)c1ccc(NC(=O)[C@@H]2OC(C)(C)C[C@H]2c2ccc(OC(F)(F)F)cc2Cl)cn1. The molecule has 3 rings (SSSR count). The third kappa shape index (κ3) is 5.90. The van der Waals surface area contributed by atoms with E-state index in [4.69, 9.17) is 16.3 Å². The number of carbonyl (C=O) groups is 1. The maximum atomic E-state index is 13.0. The lowest BCUT2D eigenvalue weighted by molar-refractivity contribution is -0.274. The van der Waals surface area contributed by atoms with E-state index < -0.39 is 41.7 Å². The van der Waals surface area contributed by atoms with Crippen LogP contribution in [0.25, 0.3) is 0 Å². The summed E-state index contributed by atoms with van der Waals surface area (Å²) in [6, 6.07) is 6.91. The van der Waals surface area contributed by atoms with Gasteiger partial charge in [-0.1, -0.05) is 24.6 Å². The molecule has 0 radical (unpaired) electrons. The zero-order valence-electron chi connectivity index (χ0n) is 17.7. The number of rotatable bonds is 6. The molecule has 1 fully saturated rings. The van der Waals surface area contributed by atoms with E-state index in [-0.39, 0.29) is 5.02 Å². The van der Waals surface area contributed by atoms with Crippen molar-refractivity contribution in [3.63, 3.8) is 0 Å². The van der Waals surface area contributed by atoms with Crippen molar-refractivity contribution in [1.29, 1.82) is 0 Å². The second kappa shape index (κ2) is 9.25. The number of nitrogens with one attached hydrogen (secondary N) is 1. The molecule has 174 valence electrons. The van der Waals surface area contributed by atoms with Crippen LogP contribution < -0.4 is 10.1 Å². The van der Waals surface area contributed by atoms with Crippen molar-refractivity contribution in [3.8, 4) is 5.75 Å². The Morgan fingerprint density at radius 3 is 2.66 bits per heavy atom. The summed E-state index contributed by atoms with van der Waals surface area (Å²) in [5, 5.41) is 12.6. The van der Waals surface area contributed by atoms with Crippen LogP contribution in [-0.4, -0.2) is 34.1 Å². The normalized spacial score (nSPS) is 21.2. The lowest BCUT2D eigenvalue weighted by atomic mass is 9.87. The number of benzene rings is 1. The molecule has 2 heterocycles. The Morgan fingerprint density at radius 1 is 1.38 bits per heavy atom. The monoisotopic (exact) mass is 472 g/mol. The van der Waals surface area contributed by atoms with Gasteiger partial charge in [0.2, 0.25) is 0 Å². The average molecular weight is 473 g/mol. The van der Waals surface area contributed by atoms with Gasteiger partial charge in [-0.05, 0) is 56.5 Å². The molecule has 0 unspecified atom stereocenters. The molecule has 1 aliphatic heterocycles. The highest BCUT2D eigenvalue weighted by molar-refractivity contribution is 6.31. The van der Waals surface area contributed by atoms with E-state index in [9.17, 15) is 23.1 Å². The van der Waals surface area contributed by atoms with Crippen LogP contribution in [0.3, 0.4) is 0 Å². The third-order valence-corrected chi connectivity index (χ3v) is 5.50. The van der Waals surface area contributed by atoms with Crippen LogP contribution in [0.2, 0.25) is 5.02 Å². The fourth-order valence-electron chi connectivity index (χ4n) is 3.72. The highest BCUT2D eigenvalue weighted by Crippen LogP contribution is 2.44. The topological polar surface area (TPSA) is 80.7 Å². The van der Waals surface area contributed by atoms with Crippen molar-refractivity contribution in [2.24, 2.45) is 0 Å². The standard InChI is InChI=1S/C22H24ClF3N2O4/c1-4-18(29)17-8-5-12(11-27-17)28-20(30)19-15(10-21(2,3)32-19)14-7-6-13(9-16(14)23)31-22(24,25)26/h5-9,11,15,18-19,29H,4,10H2,1-3H3,(H,28,30)/t15-,18-,19+/m0/s1. The first-order chi connectivity index (χ1) is 14.9. The predicted octanol–water partition coefficient (Wildman–Crippen LogP) is 5.37. The highest BCUT2D eigenvalue weighted by Gasteiger charge is 2.45. The van der Waals surface area contributed by atoms with E-state index in [2.05, 4.69) is 15.0 Å². The predicted molar refractivity (Wildman–Crippen MR) is 113 cm³/mol. The lowest BCUT2D eigenvalue weighted by Gasteiger charge is -2.20. The molecular weight excluding hydrogens is 449 g/mol. The molecule has 1 aromatic heterocycles. The highest BCUT2D eigenvalue weighted by atomic mass is 35.5. The number of anilines is 1. The first kappa shape index (κ1) is 24.3. The van der Waals surface area contributed by atoms with Crippen molar-refractivity contribution in [3.05, 3.63) is 52.8 Å². The van der Waals surface area contributed by atoms with Gasteiger partial charge < -0.3 is 19.9 Å². The second-order valence-corrected chi connectivity index (χ2v) is 8.63. The molecule has 32 heavy (non-hydrogen) atoms. The van der Waals surface area contributed by atoms with Gasteiger partial charge >= 0.3 is 6.36 Å². The summed E-state index contributed by atoms with van der Waals surface area (Å²) >= 11 is 6.25. The summed E-state index contributed by atoms with van der Waals surface area (Å²) in [7, 11) is 0. The minimum atomic E-state index is -4.83. The average Bonchev–Trinajstić information content (AvgIpc) is 3.02. The van der Waals surface area contributed by atoms with Gasteiger partial charge in [0.25, 0.3) is 5.91 Å². The zero-order chi connectivity index (χ0) is 23.7. The Hall–Kier alpha value is -2.36. The number of nitrogens with zero attached hydrogens (tertiary/aromatic N) is 1. The number of aromatic nitrogens is 1. The molecule has 0 aliphatic carbocycles. The maximum Gasteiger partial charge on any atom is 0.573 e. The van der Waals surface area contributed by atoms with Crippen LogP contribution >= 0.6 is 11.6 Å². The third-order valence-electron chi connectivity index (χ3n) is 5.17. The number of alkyl halides is 3. The summed E-state index contributed by atoms with van der Waals surface area (Å²) in [4.78, 5) is 17.2. The molecule has 0 saturated carbocycles. The first-order valence-electron chi connectivity index (χ1n) is 10.1. The summed E-state index contributed by atoms with van der Waals surface area (Å²) in [5.74, 6) is -1.35. The van der Waals surface area contributed by atoms with Crippen LogP contribution in [0, 0.1) is 0 Å². The molecule has 10 heteroatoms. The van der Waals surface area contributed by atoms with Crippen LogP contribution in [0.5, 0.6) is 5.75 Å². The fraction of sp³-hybridized carbons (Fsp3) is 0.455. The smallest absolute Gasteiger partial charge is 0.406 e.